The highest BCUT2D eigenvalue weighted by molar-refractivity contribution is 7.91. The molecule has 0 bridgehead atoms. The first-order valence-electron chi connectivity index (χ1n) is 10.3. The van der Waals surface area contributed by atoms with E-state index in [1.54, 1.807) is 24.3 Å². The standard InChI is InChI=1S/C23H29N3O3S/c1-22(2)11-12-23(3,4)20-15-16(5-10-19(20)22)21(27)25-17-6-8-18(9-7-17)26-14-13-24-30(26,28)29/h5-10,15,24H,11-14H2,1-4H3,(H,25,27). The van der Waals surface area contributed by atoms with Crippen molar-refractivity contribution in [2.75, 3.05) is 22.7 Å². The van der Waals surface area contributed by atoms with E-state index in [0.717, 1.165) is 12.8 Å². The third kappa shape index (κ3) is 3.72. The van der Waals surface area contributed by atoms with Crippen LogP contribution in [0.2, 0.25) is 0 Å². The van der Waals surface area contributed by atoms with Gasteiger partial charge in [0, 0.05) is 24.3 Å². The van der Waals surface area contributed by atoms with Crippen LogP contribution in [0, 0.1) is 0 Å². The highest BCUT2D eigenvalue weighted by Gasteiger charge is 2.37. The molecule has 6 nitrogen and oxygen atoms in total. The Bertz CT molecular complexity index is 1090. The Balaban J connectivity index is 1.55. The lowest BCUT2D eigenvalue weighted by molar-refractivity contribution is 0.102. The minimum Gasteiger partial charge on any atom is -0.322 e. The van der Waals surface area contributed by atoms with Crippen LogP contribution in [0.15, 0.2) is 42.5 Å². The van der Waals surface area contributed by atoms with Crippen molar-refractivity contribution >= 4 is 27.5 Å². The van der Waals surface area contributed by atoms with Gasteiger partial charge in [0.05, 0.1) is 5.69 Å². The molecule has 2 aliphatic rings. The zero-order valence-electron chi connectivity index (χ0n) is 18.0. The molecule has 0 atom stereocenters. The molecule has 0 aromatic heterocycles. The average molecular weight is 428 g/mol. The van der Waals surface area contributed by atoms with E-state index in [2.05, 4.69) is 43.8 Å². The quantitative estimate of drug-likeness (QED) is 0.779. The van der Waals surface area contributed by atoms with Gasteiger partial charge in [-0.3, -0.25) is 9.10 Å². The fourth-order valence-corrected chi connectivity index (χ4v) is 5.62. The number of hydrogen-bond donors (Lipinski definition) is 2. The summed E-state index contributed by atoms with van der Waals surface area (Å²) in [7, 11) is -3.45. The number of carbonyl (C=O) groups excluding carboxylic acids is 1. The molecule has 7 heteroatoms. The van der Waals surface area contributed by atoms with Crippen LogP contribution in [0.1, 0.15) is 62.0 Å². The van der Waals surface area contributed by atoms with Gasteiger partial charge in [0.2, 0.25) is 0 Å². The van der Waals surface area contributed by atoms with Crippen molar-refractivity contribution in [1.82, 2.24) is 4.72 Å². The summed E-state index contributed by atoms with van der Waals surface area (Å²) in [6, 6.07) is 12.9. The summed E-state index contributed by atoms with van der Waals surface area (Å²) >= 11 is 0. The van der Waals surface area contributed by atoms with Gasteiger partial charge in [0.1, 0.15) is 0 Å². The molecule has 2 aromatic carbocycles. The summed E-state index contributed by atoms with van der Waals surface area (Å²) in [6.07, 6.45) is 2.22. The second-order valence-corrected chi connectivity index (χ2v) is 11.2. The smallest absolute Gasteiger partial charge is 0.301 e. The van der Waals surface area contributed by atoms with Gasteiger partial charge in [-0.1, -0.05) is 33.8 Å². The molecule has 2 aromatic rings. The Kier molecular flexibility index (Phi) is 4.94. The number of benzene rings is 2. The van der Waals surface area contributed by atoms with Gasteiger partial charge < -0.3 is 5.32 Å². The first-order chi connectivity index (χ1) is 14.0. The van der Waals surface area contributed by atoms with Gasteiger partial charge >= 0.3 is 10.2 Å². The van der Waals surface area contributed by atoms with Gasteiger partial charge in [0.25, 0.3) is 5.91 Å². The van der Waals surface area contributed by atoms with Crippen LogP contribution in [-0.4, -0.2) is 27.4 Å². The van der Waals surface area contributed by atoms with Crippen molar-refractivity contribution in [1.29, 1.82) is 0 Å². The molecular formula is C23H29N3O3S. The maximum atomic E-state index is 12.9. The molecule has 0 unspecified atom stereocenters. The SMILES string of the molecule is CC1(C)CCC(C)(C)c2cc(C(=O)Nc3ccc(N4CCNS4(=O)=O)cc3)ccc21. The molecule has 1 fully saturated rings. The summed E-state index contributed by atoms with van der Waals surface area (Å²) < 4.78 is 27.7. The maximum Gasteiger partial charge on any atom is 0.301 e. The fourth-order valence-electron chi connectivity index (χ4n) is 4.39. The predicted octanol–water partition coefficient (Wildman–Crippen LogP) is 3.94. The van der Waals surface area contributed by atoms with Gasteiger partial charge in [-0.25, -0.2) is 0 Å². The van der Waals surface area contributed by atoms with Crippen molar-refractivity contribution in [2.24, 2.45) is 0 Å². The van der Waals surface area contributed by atoms with Crippen LogP contribution >= 0.6 is 0 Å². The van der Waals surface area contributed by atoms with E-state index in [1.165, 1.54) is 15.4 Å². The van der Waals surface area contributed by atoms with E-state index in [-0.39, 0.29) is 16.7 Å². The maximum absolute atomic E-state index is 12.9. The molecule has 30 heavy (non-hydrogen) atoms. The molecule has 1 amide bonds. The topological polar surface area (TPSA) is 78.5 Å². The summed E-state index contributed by atoms with van der Waals surface area (Å²) in [5.41, 5.74) is 4.56. The summed E-state index contributed by atoms with van der Waals surface area (Å²) in [5.74, 6) is -0.166. The molecule has 1 heterocycles. The number of amides is 1. The molecule has 4 rings (SSSR count). The lowest BCUT2D eigenvalue weighted by atomic mass is 9.63. The molecule has 0 radical (unpaired) electrons. The van der Waals surface area contributed by atoms with E-state index < -0.39 is 10.2 Å². The van der Waals surface area contributed by atoms with E-state index in [9.17, 15) is 13.2 Å². The van der Waals surface area contributed by atoms with Gasteiger partial charge in [-0.2, -0.15) is 13.1 Å². The zero-order chi connectivity index (χ0) is 21.7. The van der Waals surface area contributed by atoms with Crippen molar-refractivity contribution in [3.05, 3.63) is 59.2 Å². The minimum absolute atomic E-state index is 0.0397. The molecule has 1 aliphatic carbocycles. The Labute approximate surface area is 178 Å². The molecule has 2 N–H and O–H groups in total. The number of anilines is 2. The molecular weight excluding hydrogens is 398 g/mol. The Morgan fingerprint density at radius 1 is 0.967 bits per heavy atom. The number of rotatable bonds is 3. The van der Waals surface area contributed by atoms with E-state index in [1.807, 2.05) is 12.1 Å². The van der Waals surface area contributed by atoms with Crippen molar-refractivity contribution in [2.45, 2.75) is 51.4 Å². The Hall–Kier alpha value is -2.38. The van der Waals surface area contributed by atoms with E-state index in [4.69, 9.17) is 0 Å². The van der Waals surface area contributed by atoms with Crippen molar-refractivity contribution in [3.63, 3.8) is 0 Å². The monoisotopic (exact) mass is 427 g/mol. The Morgan fingerprint density at radius 2 is 1.60 bits per heavy atom. The lowest BCUT2D eigenvalue weighted by Gasteiger charge is -2.42. The Morgan fingerprint density at radius 3 is 2.20 bits per heavy atom. The highest BCUT2D eigenvalue weighted by atomic mass is 32.2. The first-order valence-corrected chi connectivity index (χ1v) is 11.8. The molecule has 0 spiro atoms. The van der Waals surface area contributed by atoms with Crippen LogP contribution < -0.4 is 14.3 Å². The number of hydrogen-bond acceptors (Lipinski definition) is 3. The highest BCUT2D eigenvalue weighted by Crippen LogP contribution is 2.45. The van der Waals surface area contributed by atoms with Gasteiger partial charge in [-0.15, -0.1) is 0 Å². The molecule has 1 saturated heterocycles. The molecule has 1 aliphatic heterocycles. The summed E-state index contributed by atoms with van der Waals surface area (Å²) in [5, 5.41) is 2.93. The van der Waals surface area contributed by atoms with Crippen molar-refractivity contribution in [3.8, 4) is 0 Å². The van der Waals surface area contributed by atoms with Crippen LogP contribution in [0.4, 0.5) is 11.4 Å². The van der Waals surface area contributed by atoms with E-state index in [0.29, 0.717) is 30.0 Å². The van der Waals surface area contributed by atoms with Crippen LogP contribution in [0.5, 0.6) is 0 Å². The third-order valence-electron chi connectivity index (χ3n) is 6.42. The minimum atomic E-state index is -3.45. The largest absolute Gasteiger partial charge is 0.322 e. The second-order valence-electron chi connectivity index (χ2n) is 9.50. The van der Waals surface area contributed by atoms with Crippen molar-refractivity contribution < 1.29 is 13.2 Å². The average Bonchev–Trinajstić information content (AvgIpc) is 3.05. The van der Waals surface area contributed by atoms with Crippen LogP contribution in [0.25, 0.3) is 0 Å². The number of nitrogens with zero attached hydrogens (tertiary/aromatic N) is 1. The fraction of sp³-hybridized carbons (Fsp3) is 0.435. The van der Waals surface area contributed by atoms with Crippen LogP contribution in [-0.2, 0) is 21.0 Å². The van der Waals surface area contributed by atoms with Crippen LogP contribution in [0.3, 0.4) is 0 Å². The number of carbonyl (C=O) groups is 1. The third-order valence-corrected chi connectivity index (χ3v) is 7.96. The zero-order valence-corrected chi connectivity index (χ0v) is 18.8. The molecule has 0 saturated carbocycles. The van der Waals surface area contributed by atoms with Gasteiger partial charge in [-0.05, 0) is 71.2 Å². The molecule has 160 valence electrons. The first kappa shape index (κ1) is 20.9. The summed E-state index contributed by atoms with van der Waals surface area (Å²) in [6.45, 7) is 9.80. The van der Waals surface area contributed by atoms with Gasteiger partial charge in [0.15, 0.2) is 0 Å². The number of nitrogens with one attached hydrogen (secondary N) is 2. The second kappa shape index (κ2) is 7.10. The lowest BCUT2D eigenvalue weighted by Crippen LogP contribution is -2.34. The summed E-state index contributed by atoms with van der Waals surface area (Å²) in [4.78, 5) is 12.9. The van der Waals surface area contributed by atoms with E-state index >= 15 is 0 Å². The normalized spacial score (nSPS) is 21.1. The predicted molar refractivity (Wildman–Crippen MR) is 120 cm³/mol. The number of fused-ring (bicyclic) bond motifs is 1.